The molecule has 160 valence electrons. The molecule has 0 aliphatic rings. The molecule has 0 bridgehead atoms. The predicted octanol–water partition coefficient (Wildman–Crippen LogP) is 5.46. The third kappa shape index (κ3) is 5.00. The van der Waals surface area contributed by atoms with E-state index in [1.54, 1.807) is 20.1 Å². The summed E-state index contributed by atoms with van der Waals surface area (Å²) in [5.41, 5.74) is 1.83. The van der Waals surface area contributed by atoms with Gasteiger partial charge in [-0.3, -0.25) is 0 Å². The Morgan fingerprint density at radius 3 is 2.27 bits per heavy atom. The Hall–Kier alpha value is -2.86. The number of hydrogen-bond donors (Lipinski definition) is 0. The molecule has 0 radical (unpaired) electrons. The van der Waals surface area contributed by atoms with Crippen molar-refractivity contribution in [3.63, 3.8) is 0 Å². The number of carbonyl (C=O) groups is 2. The number of allylic oxidation sites excluding steroid dienone is 1. The number of fused-ring (bicyclic) bond motifs is 1. The molecule has 0 spiro atoms. The number of hydrogen-bond acceptors (Lipinski definition) is 5. The average Bonchev–Trinajstić information content (AvgIpc) is 2.70. The molecule has 0 aliphatic carbocycles. The lowest BCUT2D eigenvalue weighted by molar-refractivity contribution is -0.137. The Morgan fingerprint density at radius 1 is 1.03 bits per heavy atom. The number of rotatable bonds is 7. The van der Waals surface area contributed by atoms with Gasteiger partial charge in [-0.25, -0.2) is 9.59 Å². The highest BCUT2D eigenvalue weighted by atomic mass is 28.3. The van der Waals surface area contributed by atoms with Gasteiger partial charge in [0.05, 0.1) is 40.2 Å². The molecule has 5 nitrogen and oxygen atoms in total. The van der Waals surface area contributed by atoms with Gasteiger partial charge in [-0.05, 0) is 53.1 Å². The molecule has 0 saturated heterocycles. The minimum atomic E-state index is -1.97. The van der Waals surface area contributed by atoms with Crippen LogP contribution in [-0.4, -0.2) is 40.8 Å². The van der Waals surface area contributed by atoms with Crippen LogP contribution in [0, 0.1) is 0 Å². The lowest BCUT2D eigenvalue weighted by Gasteiger charge is -2.27. The Labute approximate surface area is 179 Å². The monoisotopic (exact) mass is 426 g/mol. The Morgan fingerprint density at radius 2 is 1.70 bits per heavy atom. The molecule has 30 heavy (non-hydrogen) atoms. The number of esters is 2. The van der Waals surface area contributed by atoms with E-state index < -0.39 is 20.0 Å². The Kier molecular flexibility index (Phi) is 7.62. The number of methoxy groups -OCH3 is 2. The van der Waals surface area contributed by atoms with Gasteiger partial charge in [0.15, 0.2) is 0 Å². The molecule has 0 fully saturated rings. The Bertz CT molecular complexity index is 1010. The molecule has 0 N–H and O–H groups in total. The van der Waals surface area contributed by atoms with E-state index in [9.17, 15) is 9.59 Å². The van der Waals surface area contributed by atoms with E-state index in [0.29, 0.717) is 11.1 Å². The maximum absolute atomic E-state index is 13.0. The first-order valence-corrected chi connectivity index (χ1v) is 13.4. The molecule has 0 unspecified atom stereocenters. The first kappa shape index (κ1) is 23.4. The summed E-state index contributed by atoms with van der Waals surface area (Å²) in [6.07, 6.45) is 2.95. The van der Waals surface area contributed by atoms with Gasteiger partial charge in [0.25, 0.3) is 0 Å². The van der Waals surface area contributed by atoms with Crippen molar-refractivity contribution in [3.8, 4) is 0 Å². The maximum Gasteiger partial charge on any atom is 0.339 e. The van der Waals surface area contributed by atoms with Gasteiger partial charge in [0.1, 0.15) is 0 Å². The second-order valence-electron chi connectivity index (χ2n) is 7.90. The minimum absolute atomic E-state index is 0.283. The minimum Gasteiger partial charge on any atom is -0.502 e. The van der Waals surface area contributed by atoms with E-state index in [-0.39, 0.29) is 6.61 Å². The van der Waals surface area contributed by atoms with Gasteiger partial charge in [-0.1, -0.05) is 43.9 Å². The van der Waals surface area contributed by atoms with Crippen LogP contribution < -0.4 is 0 Å². The first-order valence-electron chi connectivity index (χ1n) is 9.90. The molecular formula is C24H30O5Si. The molecule has 0 heterocycles. The second-order valence-corrected chi connectivity index (χ2v) is 12.9. The standard InChI is InChI=1S/C24H30O5Si/c1-8-29-20(25)14-13-18-15-17-11-9-10-12-19(17)22(21(18)24(26)28-4)23(16(2)27-3)30(5,6)7/h9-15H,8H2,1-7H3/b14-13+,23-16-. The maximum atomic E-state index is 13.0. The van der Waals surface area contributed by atoms with Crippen molar-refractivity contribution in [3.05, 3.63) is 58.9 Å². The first-order chi connectivity index (χ1) is 14.1. The highest BCUT2D eigenvalue weighted by Gasteiger charge is 2.31. The summed E-state index contributed by atoms with van der Waals surface area (Å²) < 4.78 is 15.8. The largest absolute Gasteiger partial charge is 0.502 e. The molecule has 0 saturated carbocycles. The molecule has 0 atom stereocenters. The fourth-order valence-corrected chi connectivity index (χ4v) is 5.78. The van der Waals surface area contributed by atoms with Crippen molar-refractivity contribution in [2.24, 2.45) is 0 Å². The van der Waals surface area contributed by atoms with Crippen molar-refractivity contribution in [2.75, 3.05) is 20.8 Å². The summed E-state index contributed by atoms with van der Waals surface area (Å²) >= 11 is 0. The van der Waals surface area contributed by atoms with E-state index in [1.807, 2.05) is 37.3 Å². The van der Waals surface area contributed by atoms with Crippen molar-refractivity contribution in [2.45, 2.75) is 33.5 Å². The van der Waals surface area contributed by atoms with E-state index >= 15 is 0 Å². The van der Waals surface area contributed by atoms with E-state index in [4.69, 9.17) is 14.2 Å². The van der Waals surface area contributed by atoms with Crippen LogP contribution in [0.25, 0.3) is 22.0 Å². The highest BCUT2D eigenvalue weighted by molar-refractivity contribution is 6.94. The third-order valence-electron chi connectivity index (χ3n) is 4.81. The van der Waals surface area contributed by atoms with Gasteiger partial charge in [0.2, 0.25) is 0 Å². The van der Waals surface area contributed by atoms with Crippen LogP contribution in [-0.2, 0) is 19.0 Å². The number of carbonyl (C=O) groups excluding carboxylic acids is 2. The molecule has 2 rings (SSSR count). The van der Waals surface area contributed by atoms with Crippen LogP contribution in [0.3, 0.4) is 0 Å². The van der Waals surface area contributed by atoms with Gasteiger partial charge in [-0.2, -0.15) is 0 Å². The van der Waals surface area contributed by atoms with Crippen LogP contribution in [0.4, 0.5) is 0 Å². The van der Waals surface area contributed by atoms with Gasteiger partial charge in [0, 0.05) is 6.08 Å². The van der Waals surface area contributed by atoms with Crippen molar-refractivity contribution < 1.29 is 23.8 Å². The van der Waals surface area contributed by atoms with Crippen LogP contribution >= 0.6 is 0 Å². The fourth-order valence-electron chi connectivity index (χ4n) is 3.61. The molecule has 6 heteroatoms. The zero-order valence-corrected chi connectivity index (χ0v) is 19.8. The highest BCUT2D eigenvalue weighted by Crippen LogP contribution is 2.39. The zero-order chi connectivity index (χ0) is 22.5. The van der Waals surface area contributed by atoms with Gasteiger partial charge in [-0.15, -0.1) is 0 Å². The quantitative estimate of drug-likeness (QED) is 0.255. The smallest absolute Gasteiger partial charge is 0.339 e. The molecule has 0 aliphatic heterocycles. The lowest BCUT2D eigenvalue weighted by atomic mass is 9.92. The molecule has 0 amide bonds. The van der Waals surface area contributed by atoms with Gasteiger partial charge >= 0.3 is 11.9 Å². The molecule has 0 aromatic heterocycles. The summed E-state index contributed by atoms with van der Waals surface area (Å²) in [5, 5.41) is 2.94. The van der Waals surface area contributed by atoms with E-state index in [0.717, 1.165) is 27.3 Å². The van der Waals surface area contributed by atoms with Crippen molar-refractivity contribution in [1.82, 2.24) is 0 Å². The van der Waals surface area contributed by atoms with Crippen molar-refractivity contribution in [1.29, 1.82) is 0 Å². The number of ether oxygens (including phenoxy) is 3. The van der Waals surface area contributed by atoms with E-state index in [1.165, 1.54) is 13.2 Å². The normalized spacial score (nSPS) is 12.6. The third-order valence-corrected chi connectivity index (χ3v) is 6.92. The van der Waals surface area contributed by atoms with Crippen LogP contribution in [0.15, 0.2) is 42.2 Å². The summed E-state index contributed by atoms with van der Waals surface area (Å²) in [4.78, 5) is 24.9. The average molecular weight is 427 g/mol. The van der Waals surface area contributed by atoms with Crippen molar-refractivity contribution >= 4 is 42.1 Å². The molecular weight excluding hydrogens is 396 g/mol. The summed E-state index contributed by atoms with van der Waals surface area (Å²) in [5.74, 6) is -0.146. The number of benzene rings is 2. The Balaban J connectivity index is 3.01. The van der Waals surface area contributed by atoms with Gasteiger partial charge < -0.3 is 14.2 Å². The van der Waals surface area contributed by atoms with E-state index in [2.05, 4.69) is 19.6 Å². The van der Waals surface area contributed by atoms with Crippen LogP contribution in [0.5, 0.6) is 0 Å². The second kappa shape index (κ2) is 9.76. The predicted molar refractivity (Wildman–Crippen MR) is 124 cm³/mol. The molecule has 2 aromatic rings. The van der Waals surface area contributed by atoms with Crippen LogP contribution in [0.1, 0.15) is 35.3 Å². The molecule has 2 aromatic carbocycles. The van der Waals surface area contributed by atoms with Crippen LogP contribution in [0.2, 0.25) is 19.6 Å². The lowest BCUT2D eigenvalue weighted by Crippen LogP contribution is -2.26. The summed E-state index contributed by atoms with van der Waals surface area (Å²) in [6.45, 7) is 10.6. The topological polar surface area (TPSA) is 61.8 Å². The fraction of sp³-hybridized carbons (Fsp3) is 0.333. The summed E-state index contributed by atoms with van der Waals surface area (Å²) in [6, 6.07) is 9.78. The SMILES string of the molecule is CCOC(=O)/C=C/c1cc2ccccc2c(/C(=C(\C)OC)[Si](C)(C)C)c1C(=O)OC. The summed E-state index contributed by atoms with van der Waals surface area (Å²) in [7, 11) is 1.03. The zero-order valence-electron chi connectivity index (χ0n) is 18.8.